The first-order valence-corrected chi connectivity index (χ1v) is 5.64. The van der Waals surface area contributed by atoms with Crippen LogP contribution < -0.4 is 0 Å². The van der Waals surface area contributed by atoms with Gasteiger partial charge in [0.1, 0.15) is 0 Å². The lowest BCUT2D eigenvalue weighted by Gasteiger charge is -1.99. The van der Waals surface area contributed by atoms with Gasteiger partial charge in [0.25, 0.3) is 0 Å². The van der Waals surface area contributed by atoms with Gasteiger partial charge in [-0.15, -0.1) is 11.6 Å². The van der Waals surface area contributed by atoms with Gasteiger partial charge in [-0.05, 0) is 6.26 Å². The largest absolute Gasteiger partial charge is 0.476 e. The normalized spacial score (nSPS) is 9.20. The second kappa shape index (κ2) is 5.59. The average Bonchev–Trinajstić information content (AvgIpc) is 2.26. The third-order valence-corrected chi connectivity index (χ3v) is 2.14. The van der Waals surface area contributed by atoms with Crippen LogP contribution in [0.4, 0.5) is 0 Å². The van der Waals surface area contributed by atoms with Crippen molar-refractivity contribution in [2.45, 2.75) is 5.16 Å². The van der Waals surface area contributed by atoms with E-state index >= 15 is 0 Å². The number of hydrogen-bond acceptors (Lipinski definition) is 4. The van der Waals surface area contributed by atoms with Crippen molar-refractivity contribution in [1.82, 2.24) is 9.97 Å². The lowest BCUT2D eigenvalue weighted by atomic mass is 10.2. The van der Waals surface area contributed by atoms with E-state index in [0.29, 0.717) is 5.16 Å². The zero-order valence-electron chi connectivity index (χ0n) is 7.82. The summed E-state index contributed by atoms with van der Waals surface area (Å²) >= 11 is 6.65. The molecule has 1 aromatic rings. The molecule has 0 atom stereocenters. The van der Waals surface area contributed by atoms with Crippen molar-refractivity contribution in [2.24, 2.45) is 0 Å². The summed E-state index contributed by atoms with van der Waals surface area (Å²) in [6, 6.07) is 0. The van der Waals surface area contributed by atoms with Gasteiger partial charge >= 0.3 is 5.97 Å². The summed E-state index contributed by atoms with van der Waals surface area (Å²) in [5.41, 5.74) is 0.188. The van der Waals surface area contributed by atoms with Gasteiger partial charge in [0, 0.05) is 6.20 Å². The van der Waals surface area contributed by atoms with Crippen LogP contribution in [0.15, 0.2) is 11.4 Å². The summed E-state index contributed by atoms with van der Waals surface area (Å²) in [7, 11) is 0. The molecule has 0 radical (unpaired) electrons. The Balaban J connectivity index is 3.21. The molecule has 1 rings (SSSR count). The van der Waals surface area contributed by atoms with E-state index in [-0.39, 0.29) is 17.1 Å². The van der Waals surface area contributed by atoms with Gasteiger partial charge in [0.15, 0.2) is 10.9 Å². The fourth-order valence-corrected chi connectivity index (χ4v) is 1.25. The summed E-state index contributed by atoms with van der Waals surface area (Å²) in [5.74, 6) is 4.18. The Hall–Kier alpha value is -1.25. The number of thioether (sulfide) groups is 1. The summed E-state index contributed by atoms with van der Waals surface area (Å²) in [5, 5.41) is 9.29. The highest BCUT2D eigenvalue weighted by atomic mass is 35.5. The van der Waals surface area contributed by atoms with Gasteiger partial charge in [-0.1, -0.05) is 23.6 Å². The molecular weight excluding hydrogens is 236 g/mol. The van der Waals surface area contributed by atoms with Crippen LogP contribution in [0.2, 0.25) is 0 Å². The molecular formula is C9H7ClN2O2S. The number of carbonyl (C=O) groups is 1. The standard InChI is InChI=1S/C9H7ClN2O2S/c1-15-9-11-5-6(3-2-4-10)7(12-9)8(13)14/h5H,4H2,1H3,(H,13,14). The van der Waals surface area contributed by atoms with E-state index < -0.39 is 5.97 Å². The van der Waals surface area contributed by atoms with E-state index in [9.17, 15) is 4.79 Å². The van der Waals surface area contributed by atoms with Gasteiger partial charge in [0.05, 0.1) is 11.4 Å². The number of nitrogens with zero attached hydrogens (tertiary/aromatic N) is 2. The van der Waals surface area contributed by atoms with Gasteiger partial charge < -0.3 is 5.11 Å². The fourth-order valence-electron chi connectivity index (χ4n) is 0.847. The molecule has 0 unspecified atom stereocenters. The maximum Gasteiger partial charge on any atom is 0.355 e. The topological polar surface area (TPSA) is 63.1 Å². The van der Waals surface area contributed by atoms with Crippen LogP contribution in [0.3, 0.4) is 0 Å². The van der Waals surface area contributed by atoms with Crippen LogP contribution in [0.5, 0.6) is 0 Å². The molecule has 0 aromatic carbocycles. The molecule has 0 bridgehead atoms. The van der Waals surface area contributed by atoms with Crippen LogP contribution in [-0.2, 0) is 0 Å². The predicted octanol–water partition coefficient (Wildman–Crippen LogP) is 1.49. The van der Waals surface area contributed by atoms with E-state index in [1.54, 1.807) is 6.26 Å². The first-order chi connectivity index (χ1) is 7.19. The van der Waals surface area contributed by atoms with Crippen molar-refractivity contribution in [3.05, 3.63) is 17.5 Å². The van der Waals surface area contributed by atoms with Crippen molar-refractivity contribution < 1.29 is 9.90 Å². The third kappa shape index (κ3) is 3.11. The zero-order chi connectivity index (χ0) is 11.3. The molecule has 4 nitrogen and oxygen atoms in total. The van der Waals surface area contributed by atoms with E-state index in [1.807, 2.05) is 0 Å². The summed E-state index contributed by atoms with van der Waals surface area (Å²) in [6.07, 6.45) is 3.16. The molecule has 78 valence electrons. The Bertz CT molecular complexity index is 439. The lowest BCUT2D eigenvalue weighted by molar-refractivity contribution is 0.0689. The highest BCUT2D eigenvalue weighted by Gasteiger charge is 2.12. The maximum absolute atomic E-state index is 10.9. The highest BCUT2D eigenvalue weighted by Crippen LogP contribution is 2.11. The van der Waals surface area contributed by atoms with E-state index in [0.717, 1.165) is 0 Å². The number of halogens is 1. The molecule has 15 heavy (non-hydrogen) atoms. The average molecular weight is 243 g/mol. The van der Waals surface area contributed by atoms with Crippen LogP contribution in [0, 0.1) is 11.8 Å². The van der Waals surface area contributed by atoms with Crippen LogP contribution >= 0.6 is 23.4 Å². The number of aromatic carboxylic acids is 1. The Labute approximate surface area is 96.1 Å². The molecule has 0 amide bonds. The van der Waals surface area contributed by atoms with Gasteiger partial charge in [0.2, 0.25) is 0 Å². The van der Waals surface area contributed by atoms with Crippen LogP contribution in [0.1, 0.15) is 16.1 Å². The first kappa shape index (κ1) is 11.8. The highest BCUT2D eigenvalue weighted by molar-refractivity contribution is 7.98. The first-order valence-electron chi connectivity index (χ1n) is 3.88. The monoisotopic (exact) mass is 242 g/mol. The summed E-state index contributed by atoms with van der Waals surface area (Å²) in [6.45, 7) is 0. The van der Waals surface area contributed by atoms with Crippen LogP contribution in [0.25, 0.3) is 0 Å². The second-order valence-electron chi connectivity index (χ2n) is 2.36. The van der Waals surface area contributed by atoms with Crippen molar-refractivity contribution >= 4 is 29.3 Å². The number of rotatable bonds is 2. The van der Waals surface area contributed by atoms with Crippen LogP contribution in [-0.4, -0.2) is 33.2 Å². The van der Waals surface area contributed by atoms with Crippen molar-refractivity contribution in [3.8, 4) is 11.8 Å². The minimum Gasteiger partial charge on any atom is -0.476 e. The second-order valence-corrected chi connectivity index (χ2v) is 3.40. The van der Waals surface area contributed by atoms with Gasteiger partial charge in [-0.25, -0.2) is 14.8 Å². The van der Waals surface area contributed by atoms with E-state index in [1.165, 1.54) is 18.0 Å². The lowest BCUT2D eigenvalue weighted by Crippen LogP contribution is -2.06. The van der Waals surface area contributed by atoms with Crippen molar-refractivity contribution in [3.63, 3.8) is 0 Å². The van der Waals surface area contributed by atoms with Crippen molar-refractivity contribution in [2.75, 3.05) is 12.1 Å². The van der Waals surface area contributed by atoms with E-state index in [4.69, 9.17) is 16.7 Å². The maximum atomic E-state index is 10.9. The number of carboxylic acids is 1. The Morgan fingerprint density at radius 2 is 2.47 bits per heavy atom. The summed E-state index contributed by atoms with van der Waals surface area (Å²) in [4.78, 5) is 18.6. The zero-order valence-corrected chi connectivity index (χ0v) is 9.39. The number of carboxylic acid groups (broad SMARTS) is 1. The molecule has 1 N–H and O–H groups in total. The van der Waals surface area contributed by atoms with E-state index in [2.05, 4.69) is 21.8 Å². The van der Waals surface area contributed by atoms with Crippen molar-refractivity contribution in [1.29, 1.82) is 0 Å². The van der Waals surface area contributed by atoms with Gasteiger partial charge in [-0.2, -0.15) is 0 Å². The summed E-state index contributed by atoms with van der Waals surface area (Å²) < 4.78 is 0. The fraction of sp³-hybridized carbons (Fsp3) is 0.222. The molecule has 1 heterocycles. The Kier molecular flexibility index (Phi) is 4.40. The quantitative estimate of drug-likeness (QED) is 0.368. The smallest absolute Gasteiger partial charge is 0.355 e. The third-order valence-electron chi connectivity index (χ3n) is 1.44. The number of hydrogen-bond donors (Lipinski definition) is 1. The minimum absolute atomic E-state index is 0.0908. The molecule has 0 spiro atoms. The molecule has 6 heteroatoms. The van der Waals surface area contributed by atoms with Gasteiger partial charge in [-0.3, -0.25) is 0 Å². The number of alkyl halides is 1. The molecule has 1 aromatic heterocycles. The molecule has 0 aliphatic heterocycles. The molecule has 0 fully saturated rings. The minimum atomic E-state index is -1.12. The predicted molar refractivity (Wildman–Crippen MR) is 58.4 cm³/mol. The number of aromatic nitrogens is 2. The Morgan fingerprint density at radius 3 is 3.00 bits per heavy atom. The molecule has 0 aliphatic rings. The SMILES string of the molecule is CSc1ncc(C#CCCl)c(C(=O)O)n1. The molecule has 0 saturated carbocycles. The Morgan fingerprint density at radius 1 is 1.73 bits per heavy atom. The molecule has 0 saturated heterocycles. The molecule has 0 aliphatic carbocycles.